The van der Waals surface area contributed by atoms with Crippen LogP contribution in [-0.2, 0) is 21.7 Å². The van der Waals surface area contributed by atoms with Gasteiger partial charge < -0.3 is 0 Å². The van der Waals surface area contributed by atoms with Crippen LogP contribution in [0.4, 0.5) is 0 Å². The van der Waals surface area contributed by atoms with E-state index in [0.29, 0.717) is 0 Å². The van der Waals surface area contributed by atoms with Crippen LogP contribution >= 0.6 is 0 Å². The number of hydrogen-bond donors (Lipinski definition) is 0. The topological polar surface area (TPSA) is 51.6 Å². The largest absolute Gasteiger partial charge is 0.244 e. The third-order valence-electron chi connectivity index (χ3n) is 26.4. The Labute approximate surface area is 677 Å². The van der Waals surface area contributed by atoms with Crippen LogP contribution in [0.15, 0.2) is 352 Å². The van der Waals surface area contributed by atoms with Gasteiger partial charge in [-0.2, -0.15) is 0 Å². The highest BCUT2D eigenvalue weighted by Gasteiger charge is 2.39. The Morgan fingerprint density at radius 1 is 0.164 bits per heavy atom. The fourth-order valence-electron chi connectivity index (χ4n) is 20.0. The van der Waals surface area contributed by atoms with Gasteiger partial charge in [0.05, 0.1) is 44.8 Å². The standard InChI is InChI=1S/C58H42N2.C54H40N2/c1-57(2)49-19-11-9-15-43(49)45-31-29-39(33-51(45)57)35-21-25-37(26-22-35)53-54(60-56-48-18-8-6-14-42(48)41-13-5-7-17-47(41)55(56)59-53)38-27-23-36(24-28-38)40-30-32-46-44-16-10-12-20-50(44)58(3,4)52(46)34-40;1-53(2)45-15-9-7-13-41(45)43-27-25-39(29-47(43)53)33-17-21-35(22-18-33)51-52(56-50-32-38-12-6-5-11-37(38)31-49(50)55-51)36-23-19-34(20-24-36)40-26-28-44-42-14-8-10-16-46(42)54(3,4)48(44)30-40/h5-34H,1-4H3;5-32H,1-4H3. The Balaban J connectivity index is 0.000000141. The van der Waals surface area contributed by atoms with Gasteiger partial charge in [0, 0.05) is 54.7 Å². The lowest BCUT2D eigenvalue weighted by Crippen LogP contribution is -2.14. The Kier molecular flexibility index (Phi) is 15.4. The van der Waals surface area contributed by atoms with E-state index in [1.807, 2.05) is 0 Å². The Bertz CT molecular complexity index is 6900. The molecule has 0 aliphatic heterocycles. The van der Waals surface area contributed by atoms with E-state index in [9.17, 15) is 0 Å². The molecule has 4 aliphatic carbocycles. The molecule has 0 saturated heterocycles. The average Bonchev–Trinajstić information content (AvgIpc) is 1.33. The van der Waals surface area contributed by atoms with E-state index in [1.165, 1.54) is 144 Å². The maximum atomic E-state index is 5.58. The van der Waals surface area contributed by atoms with Crippen molar-refractivity contribution in [3.05, 3.63) is 396 Å². The molecule has 0 spiro atoms. The quantitative estimate of drug-likeness (QED) is 0.112. The average molecular weight is 1480 g/mol. The molecule has 0 amide bonds. The molecule has 17 aromatic carbocycles. The highest BCUT2D eigenvalue weighted by Crippen LogP contribution is 2.55. The van der Waals surface area contributed by atoms with Gasteiger partial charge in [-0.05, 0) is 191 Å². The van der Waals surface area contributed by atoms with Crippen molar-refractivity contribution in [3.63, 3.8) is 0 Å². The summed E-state index contributed by atoms with van der Waals surface area (Å²) >= 11 is 0. The van der Waals surface area contributed by atoms with E-state index in [-0.39, 0.29) is 21.7 Å². The van der Waals surface area contributed by atoms with Gasteiger partial charge in [-0.3, -0.25) is 0 Å². The van der Waals surface area contributed by atoms with Crippen LogP contribution in [-0.4, -0.2) is 19.9 Å². The molecular formula is C112H82N4. The molecule has 550 valence electrons. The normalized spacial score (nSPS) is 14.3. The molecule has 0 fully saturated rings. The van der Waals surface area contributed by atoms with Gasteiger partial charge in [0.2, 0.25) is 0 Å². The van der Waals surface area contributed by atoms with Crippen LogP contribution in [0.1, 0.15) is 99.9 Å². The zero-order valence-corrected chi connectivity index (χ0v) is 66.3. The molecule has 0 radical (unpaired) electrons. The highest BCUT2D eigenvalue weighted by atomic mass is 14.8. The van der Waals surface area contributed by atoms with Gasteiger partial charge in [0.15, 0.2) is 0 Å². The number of nitrogens with zero attached hydrogens (tertiary/aromatic N) is 4. The van der Waals surface area contributed by atoms with Gasteiger partial charge in [0.1, 0.15) is 0 Å². The fourth-order valence-corrected chi connectivity index (χ4v) is 20.0. The summed E-state index contributed by atoms with van der Waals surface area (Å²) in [4.78, 5) is 21.9. The number of fused-ring (bicyclic) bond motifs is 20. The fraction of sp³-hybridized carbons (Fsp3) is 0.107. The summed E-state index contributed by atoms with van der Waals surface area (Å²) < 4.78 is 0. The summed E-state index contributed by atoms with van der Waals surface area (Å²) in [6, 6.07) is 129. The summed E-state index contributed by atoms with van der Waals surface area (Å²) in [5, 5.41) is 6.93. The molecule has 0 N–H and O–H groups in total. The maximum Gasteiger partial charge on any atom is 0.0979 e. The van der Waals surface area contributed by atoms with Crippen molar-refractivity contribution < 1.29 is 0 Å². The molecule has 2 aromatic heterocycles. The molecule has 0 bridgehead atoms. The number of rotatable bonds is 8. The van der Waals surface area contributed by atoms with Crippen molar-refractivity contribution in [1.29, 1.82) is 0 Å². The molecule has 23 rings (SSSR count). The van der Waals surface area contributed by atoms with Crippen molar-refractivity contribution in [1.82, 2.24) is 19.9 Å². The van der Waals surface area contributed by atoms with Gasteiger partial charge in [0.25, 0.3) is 0 Å². The highest BCUT2D eigenvalue weighted by molar-refractivity contribution is 6.23. The third kappa shape index (κ3) is 10.7. The molecular weight excluding hydrogens is 1400 g/mol. The van der Waals surface area contributed by atoms with Crippen LogP contribution in [0.5, 0.6) is 0 Å². The Morgan fingerprint density at radius 3 is 0.647 bits per heavy atom. The van der Waals surface area contributed by atoms with Gasteiger partial charge >= 0.3 is 0 Å². The second-order valence-electron chi connectivity index (χ2n) is 34.4. The Hall–Kier alpha value is -13.8. The van der Waals surface area contributed by atoms with Crippen molar-refractivity contribution in [2.24, 2.45) is 0 Å². The van der Waals surface area contributed by atoms with E-state index in [0.717, 1.165) is 88.6 Å². The smallest absolute Gasteiger partial charge is 0.0979 e. The molecule has 2 heterocycles. The molecule has 4 heteroatoms. The second kappa shape index (κ2) is 25.9. The molecule has 19 aromatic rings. The van der Waals surface area contributed by atoms with E-state index in [1.54, 1.807) is 0 Å². The minimum absolute atomic E-state index is 0.0415. The van der Waals surface area contributed by atoms with Crippen LogP contribution in [0.3, 0.4) is 0 Å². The SMILES string of the molecule is CC1(C)c2ccccc2-c2ccc(-c3ccc(-c4nc5c6ccccc6c6ccccc6c5nc4-c4ccc(-c5ccc6c(c5)C(C)(C)c5ccccc5-6)cc4)cc3)cc21.CC1(C)c2ccccc2-c2ccc(-c3ccc(-c4nc5cc6ccccc6cc5nc4-c4ccc(-c5ccc6c(c5)C(C)(C)c5ccccc5-6)cc4)cc3)cc21. The molecule has 4 aliphatic rings. The molecule has 0 unspecified atom stereocenters. The lowest BCUT2D eigenvalue weighted by Gasteiger charge is -2.22. The van der Waals surface area contributed by atoms with Crippen molar-refractivity contribution in [2.75, 3.05) is 0 Å². The summed E-state index contributed by atoms with van der Waals surface area (Å²) in [5.41, 5.74) is 42.6. The lowest BCUT2D eigenvalue weighted by molar-refractivity contribution is 0.660. The zero-order valence-electron chi connectivity index (χ0n) is 66.3. The maximum absolute atomic E-state index is 5.58. The van der Waals surface area contributed by atoms with Crippen molar-refractivity contribution in [3.8, 4) is 134 Å². The first-order chi connectivity index (χ1) is 56.5. The van der Waals surface area contributed by atoms with Crippen LogP contribution in [0.2, 0.25) is 0 Å². The number of benzene rings is 17. The molecule has 4 nitrogen and oxygen atoms in total. The van der Waals surface area contributed by atoms with Crippen LogP contribution in [0.25, 0.3) is 188 Å². The van der Waals surface area contributed by atoms with Gasteiger partial charge in [-0.15, -0.1) is 0 Å². The zero-order chi connectivity index (χ0) is 78.1. The lowest BCUT2D eigenvalue weighted by atomic mass is 9.81. The van der Waals surface area contributed by atoms with Crippen molar-refractivity contribution >= 4 is 54.4 Å². The van der Waals surface area contributed by atoms with Crippen LogP contribution in [0, 0.1) is 0 Å². The molecule has 0 saturated carbocycles. The van der Waals surface area contributed by atoms with E-state index in [2.05, 4.69) is 407 Å². The van der Waals surface area contributed by atoms with E-state index in [4.69, 9.17) is 19.9 Å². The first-order valence-electron chi connectivity index (χ1n) is 40.7. The molecule has 116 heavy (non-hydrogen) atoms. The summed E-state index contributed by atoms with van der Waals surface area (Å²) in [5.74, 6) is 0. The third-order valence-corrected chi connectivity index (χ3v) is 26.4. The van der Waals surface area contributed by atoms with E-state index >= 15 is 0 Å². The first-order valence-corrected chi connectivity index (χ1v) is 40.7. The number of hydrogen-bond acceptors (Lipinski definition) is 4. The summed E-state index contributed by atoms with van der Waals surface area (Å²) in [6.45, 7) is 18.7. The minimum atomic E-state index is -0.0526. The monoisotopic (exact) mass is 1480 g/mol. The number of aromatic nitrogens is 4. The van der Waals surface area contributed by atoms with E-state index < -0.39 is 0 Å². The van der Waals surface area contributed by atoms with Gasteiger partial charge in [-0.25, -0.2) is 19.9 Å². The molecule has 0 atom stereocenters. The van der Waals surface area contributed by atoms with Crippen molar-refractivity contribution in [2.45, 2.75) is 77.0 Å². The van der Waals surface area contributed by atoms with Crippen LogP contribution < -0.4 is 0 Å². The predicted octanol–water partition coefficient (Wildman–Crippen LogP) is 29.3. The summed E-state index contributed by atoms with van der Waals surface area (Å²) in [6.07, 6.45) is 0. The van der Waals surface area contributed by atoms with Gasteiger partial charge in [-0.1, -0.05) is 371 Å². The minimum Gasteiger partial charge on any atom is -0.244 e. The second-order valence-corrected chi connectivity index (χ2v) is 34.4. The predicted molar refractivity (Wildman–Crippen MR) is 485 cm³/mol. The Morgan fingerprint density at radius 2 is 0.371 bits per heavy atom. The first kappa shape index (κ1) is 69.0. The summed E-state index contributed by atoms with van der Waals surface area (Å²) in [7, 11) is 0.